The second-order valence-electron chi connectivity index (χ2n) is 17.4. The molecule has 0 saturated carbocycles. The SMILES string of the molecule is CC(C)(C)c1cc(-c2cc(-c3ccccn3)cc(-c3ccc4c5cc(C(C)(C)C)ccc5n(-c5cc6ccccc6[nH]5)c4n3)c2)cc(C(C)(C)C)c1. The van der Waals surface area contributed by atoms with E-state index in [-0.39, 0.29) is 16.2 Å². The molecule has 4 heterocycles. The Morgan fingerprint density at radius 3 is 1.79 bits per heavy atom. The number of nitrogens with zero attached hydrogens (tertiary/aromatic N) is 3. The summed E-state index contributed by atoms with van der Waals surface area (Å²) in [6, 6.07) is 42.1. The lowest BCUT2D eigenvalue weighted by Gasteiger charge is -2.26. The Morgan fingerprint density at radius 2 is 1.13 bits per heavy atom. The van der Waals surface area contributed by atoms with E-state index < -0.39 is 0 Å². The van der Waals surface area contributed by atoms with Gasteiger partial charge in [0.05, 0.1) is 16.9 Å². The molecule has 0 aliphatic carbocycles. The third-order valence-electron chi connectivity index (χ3n) is 10.4. The van der Waals surface area contributed by atoms with Gasteiger partial charge < -0.3 is 4.98 Å². The van der Waals surface area contributed by atoms with Crippen LogP contribution in [0, 0.1) is 0 Å². The Balaban J connectivity index is 1.39. The Morgan fingerprint density at radius 1 is 0.500 bits per heavy atom. The van der Waals surface area contributed by atoms with Gasteiger partial charge in [-0.1, -0.05) is 111 Å². The van der Waals surface area contributed by atoms with Crippen LogP contribution in [-0.2, 0) is 16.2 Å². The van der Waals surface area contributed by atoms with Crippen LogP contribution >= 0.6 is 0 Å². The number of rotatable bonds is 4. The monoisotopic (exact) mass is 680 g/mol. The summed E-state index contributed by atoms with van der Waals surface area (Å²) in [4.78, 5) is 14.0. The molecule has 4 heteroatoms. The topological polar surface area (TPSA) is 46.5 Å². The minimum atomic E-state index is 0.00686. The molecular formula is C48H48N4. The first-order valence-corrected chi connectivity index (χ1v) is 18.4. The van der Waals surface area contributed by atoms with Gasteiger partial charge in [-0.15, -0.1) is 0 Å². The van der Waals surface area contributed by atoms with Crippen molar-refractivity contribution in [2.45, 2.75) is 78.6 Å². The highest BCUT2D eigenvalue weighted by molar-refractivity contribution is 6.09. The predicted molar refractivity (Wildman–Crippen MR) is 221 cm³/mol. The van der Waals surface area contributed by atoms with Crippen LogP contribution in [0.25, 0.3) is 72.3 Å². The van der Waals surface area contributed by atoms with E-state index in [1.165, 1.54) is 33.0 Å². The highest BCUT2D eigenvalue weighted by Crippen LogP contribution is 2.39. The second kappa shape index (κ2) is 12.1. The first-order valence-electron chi connectivity index (χ1n) is 18.4. The lowest BCUT2D eigenvalue weighted by Crippen LogP contribution is -2.16. The third-order valence-corrected chi connectivity index (χ3v) is 10.4. The first-order chi connectivity index (χ1) is 24.6. The summed E-state index contributed by atoms with van der Waals surface area (Å²) in [5.41, 5.74) is 13.5. The second-order valence-corrected chi connectivity index (χ2v) is 17.4. The fourth-order valence-electron chi connectivity index (χ4n) is 7.22. The van der Waals surface area contributed by atoms with E-state index in [1.807, 2.05) is 12.3 Å². The Kier molecular flexibility index (Phi) is 7.80. The highest BCUT2D eigenvalue weighted by atomic mass is 15.1. The molecule has 0 spiro atoms. The number of nitrogens with one attached hydrogen (secondary N) is 1. The molecule has 8 rings (SSSR count). The minimum absolute atomic E-state index is 0.00686. The van der Waals surface area contributed by atoms with Gasteiger partial charge in [0.2, 0.25) is 0 Å². The Bertz CT molecular complexity index is 2550. The zero-order chi connectivity index (χ0) is 36.6. The number of hydrogen-bond donors (Lipinski definition) is 1. The number of hydrogen-bond acceptors (Lipinski definition) is 2. The van der Waals surface area contributed by atoms with E-state index in [1.54, 1.807) is 0 Å². The molecule has 4 nitrogen and oxygen atoms in total. The van der Waals surface area contributed by atoms with Gasteiger partial charge in [0.15, 0.2) is 0 Å². The number of fused-ring (bicyclic) bond motifs is 4. The average Bonchev–Trinajstić information content (AvgIpc) is 3.68. The quantitative estimate of drug-likeness (QED) is 0.201. The van der Waals surface area contributed by atoms with Crippen molar-refractivity contribution in [2.75, 3.05) is 0 Å². The number of H-pyrrole nitrogens is 1. The molecule has 0 aliphatic rings. The number of para-hydroxylation sites is 1. The lowest BCUT2D eigenvalue weighted by atomic mass is 9.78. The van der Waals surface area contributed by atoms with Crippen LogP contribution in [0.3, 0.4) is 0 Å². The molecule has 4 aromatic heterocycles. The molecule has 260 valence electrons. The molecule has 0 unspecified atom stereocenters. The van der Waals surface area contributed by atoms with E-state index in [0.29, 0.717) is 0 Å². The number of aromatic amines is 1. The lowest BCUT2D eigenvalue weighted by molar-refractivity contribution is 0.569. The molecule has 8 aromatic rings. The summed E-state index contributed by atoms with van der Waals surface area (Å²) >= 11 is 0. The summed E-state index contributed by atoms with van der Waals surface area (Å²) in [6.07, 6.45) is 1.87. The third kappa shape index (κ3) is 6.11. The van der Waals surface area contributed by atoms with Crippen molar-refractivity contribution in [1.29, 1.82) is 0 Å². The van der Waals surface area contributed by atoms with Crippen LogP contribution in [0.2, 0.25) is 0 Å². The van der Waals surface area contributed by atoms with Crippen molar-refractivity contribution in [2.24, 2.45) is 0 Å². The van der Waals surface area contributed by atoms with Gasteiger partial charge in [0.1, 0.15) is 11.5 Å². The van der Waals surface area contributed by atoms with Crippen molar-refractivity contribution in [3.05, 3.63) is 138 Å². The van der Waals surface area contributed by atoms with E-state index in [0.717, 1.165) is 56.0 Å². The maximum Gasteiger partial charge on any atom is 0.147 e. The van der Waals surface area contributed by atoms with Crippen LogP contribution < -0.4 is 0 Å². The predicted octanol–water partition coefficient (Wildman–Crippen LogP) is 12.9. The van der Waals surface area contributed by atoms with Crippen LogP contribution in [0.1, 0.15) is 79.0 Å². The Labute approximate surface area is 307 Å². The number of pyridine rings is 2. The molecule has 4 aromatic carbocycles. The fraction of sp³-hybridized carbons (Fsp3) is 0.250. The molecule has 0 radical (unpaired) electrons. The van der Waals surface area contributed by atoms with E-state index in [9.17, 15) is 0 Å². The van der Waals surface area contributed by atoms with E-state index in [2.05, 4.69) is 181 Å². The summed E-state index contributed by atoms with van der Waals surface area (Å²) < 4.78 is 2.30. The van der Waals surface area contributed by atoms with Crippen LogP contribution in [0.5, 0.6) is 0 Å². The maximum atomic E-state index is 5.53. The van der Waals surface area contributed by atoms with Crippen LogP contribution in [-0.4, -0.2) is 19.5 Å². The van der Waals surface area contributed by atoms with Gasteiger partial charge in [-0.3, -0.25) is 9.55 Å². The van der Waals surface area contributed by atoms with Crippen molar-refractivity contribution >= 4 is 32.8 Å². The summed E-state index contributed by atoms with van der Waals surface area (Å²) in [5, 5.41) is 3.52. The van der Waals surface area contributed by atoms with Crippen LogP contribution in [0.4, 0.5) is 0 Å². The van der Waals surface area contributed by atoms with Gasteiger partial charge in [0, 0.05) is 39.0 Å². The van der Waals surface area contributed by atoms with Gasteiger partial charge in [-0.05, 0) is 111 Å². The van der Waals surface area contributed by atoms with Crippen molar-refractivity contribution < 1.29 is 0 Å². The van der Waals surface area contributed by atoms with Crippen molar-refractivity contribution in [1.82, 2.24) is 19.5 Å². The zero-order valence-corrected chi connectivity index (χ0v) is 31.9. The maximum absolute atomic E-state index is 5.53. The molecule has 1 N–H and O–H groups in total. The molecule has 0 bridgehead atoms. The van der Waals surface area contributed by atoms with Gasteiger partial charge in [0.25, 0.3) is 0 Å². The largest absolute Gasteiger partial charge is 0.341 e. The molecule has 0 fully saturated rings. The zero-order valence-electron chi connectivity index (χ0n) is 31.9. The standard InChI is InChI=1S/C48H48N4/c1-46(2,3)35-17-20-43-39(29-35)38-18-19-42(51-45(38)52(43)44-27-30-14-10-11-16-41(30)50-44)34-23-31(22-33(24-34)40-15-12-13-21-49-40)32-25-36(47(4,5)6)28-37(26-32)48(7,8)9/h10-29,50H,1-9H3. The summed E-state index contributed by atoms with van der Waals surface area (Å²) in [6.45, 7) is 20.6. The molecular weight excluding hydrogens is 633 g/mol. The summed E-state index contributed by atoms with van der Waals surface area (Å²) in [5.74, 6) is 1.01. The molecule has 52 heavy (non-hydrogen) atoms. The van der Waals surface area contributed by atoms with Crippen molar-refractivity contribution in [3.8, 4) is 39.5 Å². The number of benzene rings is 4. The fourth-order valence-corrected chi connectivity index (χ4v) is 7.22. The van der Waals surface area contributed by atoms with E-state index >= 15 is 0 Å². The normalized spacial score (nSPS) is 12.7. The van der Waals surface area contributed by atoms with Crippen LogP contribution in [0.15, 0.2) is 121 Å². The van der Waals surface area contributed by atoms with Gasteiger partial charge in [-0.25, -0.2) is 4.98 Å². The molecule has 0 amide bonds. The Hall–Kier alpha value is -5.48. The van der Waals surface area contributed by atoms with Gasteiger partial charge >= 0.3 is 0 Å². The smallest absolute Gasteiger partial charge is 0.147 e. The highest BCUT2D eigenvalue weighted by Gasteiger charge is 2.23. The number of aromatic nitrogens is 4. The van der Waals surface area contributed by atoms with Gasteiger partial charge in [-0.2, -0.15) is 0 Å². The minimum Gasteiger partial charge on any atom is -0.341 e. The van der Waals surface area contributed by atoms with E-state index in [4.69, 9.17) is 9.97 Å². The molecule has 0 saturated heterocycles. The first kappa shape index (κ1) is 33.7. The summed E-state index contributed by atoms with van der Waals surface area (Å²) in [7, 11) is 0. The van der Waals surface area contributed by atoms with Crippen molar-refractivity contribution in [3.63, 3.8) is 0 Å². The average molecular weight is 681 g/mol. The molecule has 0 aliphatic heterocycles. The molecule has 0 atom stereocenters.